The summed E-state index contributed by atoms with van der Waals surface area (Å²) in [6, 6.07) is 0. The molecule has 18 heavy (non-hydrogen) atoms. The Morgan fingerprint density at radius 2 is 1.83 bits per heavy atom. The van der Waals surface area contributed by atoms with E-state index in [4.69, 9.17) is 0 Å². The number of rotatable bonds is 3. The van der Waals surface area contributed by atoms with Crippen LogP contribution in [0.15, 0.2) is 12.4 Å². The monoisotopic (exact) mass is 248 g/mol. The number of carbonyl (C=O) groups is 1. The number of nitrogens with zero attached hydrogens (tertiary/aromatic N) is 2. The lowest BCUT2D eigenvalue weighted by atomic mass is 9.77. The van der Waals surface area contributed by atoms with Crippen LogP contribution in [-0.2, 0) is 10.2 Å². The molecular weight excluding hydrogens is 228 g/mol. The second-order valence-corrected chi connectivity index (χ2v) is 6.54. The largest absolute Gasteiger partial charge is 0.481 e. The van der Waals surface area contributed by atoms with Gasteiger partial charge in [0.25, 0.3) is 0 Å². The van der Waals surface area contributed by atoms with Gasteiger partial charge < -0.3 is 5.11 Å². The predicted octanol–water partition coefficient (Wildman–Crippen LogP) is 2.74. The molecule has 1 saturated carbocycles. The van der Waals surface area contributed by atoms with Crippen LogP contribution in [0.25, 0.3) is 0 Å². The molecule has 1 aliphatic carbocycles. The summed E-state index contributed by atoms with van der Waals surface area (Å²) < 4.78 is 0. The van der Waals surface area contributed by atoms with Gasteiger partial charge in [0.1, 0.15) is 5.82 Å². The Kier molecular flexibility index (Phi) is 2.92. The molecule has 0 radical (unpaired) electrons. The fraction of sp³-hybridized carbons (Fsp3) is 0.643. The fourth-order valence-corrected chi connectivity index (χ4v) is 2.22. The van der Waals surface area contributed by atoms with Crippen LogP contribution in [0.5, 0.6) is 0 Å². The van der Waals surface area contributed by atoms with Gasteiger partial charge in [-0.3, -0.25) is 4.79 Å². The summed E-state index contributed by atoms with van der Waals surface area (Å²) in [6.45, 7) is 7.89. The lowest BCUT2D eigenvalue weighted by molar-refractivity contribution is -0.141. The van der Waals surface area contributed by atoms with Crippen LogP contribution in [0.2, 0.25) is 0 Å². The highest BCUT2D eigenvalue weighted by molar-refractivity contribution is 5.76. The Morgan fingerprint density at radius 3 is 2.17 bits per heavy atom. The van der Waals surface area contributed by atoms with E-state index in [0.29, 0.717) is 5.56 Å². The molecule has 1 aromatic rings. The van der Waals surface area contributed by atoms with E-state index in [1.165, 1.54) is 0 Å². The first-order valence-electron chi connectivity index (χ1n) is 6.29. The summed E-state index contributed by atoms with van der Waals surface area (Å²) in [5.41, 5.74) is 0.460. The van der Waals surface area contributed by atoms with Gasteiger partial charge in [0.15, 0.2) is 0 Å². The third-order valence-corrected chi connectivity index (χ3v) is 3.66. The minimum atomic E-state index is -0.823. The average Bonchev–Trinajstić information content (AvgIpc) is 2.96. The van der Waals surface area contributed by atoms with Crippen molar-refractivity contribution < 1.29 is 9.90 Å². The van der Waals surface area contributed by atoms with Crippen LogP contribution < -0.4 is 0 Å². The SMILES string of the molecule is CC1(c2ncc(C(C(=O)O)C(C)(C)C)cn2)CC1. The third kappa shape index (κ3) is 2.37. The van der Waals surface area contributed by atoms with Crippen molar-refractivity contribution >= 4 is 5.97 Å². The number of carboxylic acid groups (broad SMARTS) is 1. The zero-order chi connectivity index (χ0) is 13.6. The maximum absolute atomic E-state index is 11.4. The molecule has 0 aromatic carbocycles. The van der Waals surface area contributed by atoms with Crippen molar-refractivity contribution in [1.82, 2.24) is 9.97 Å². The quantitative estimate of drug-likeness (QED) is 0.893. The van der Waals surface area contributed by atoms with Gasteiger partial charge in [-0.1, -0.05) is 27.7 Å². The maximum Gasteiger partial charge on any atom is 0.311 e. The molecule has 2 rings (SSSR count). The first-order chi connectivity index (χ1) is 8.24. The van der Waals surface area contributed by atoms with Crippen molar-refractivity contribution in [2.75, 3.05) is 0 Å². The van der Waals surface area contributed by atoms with Gasteiger partial charge in [-0.05, 0) is 18.3 Å². The molecule has 0 aliphatic heterocycles. The van der Waals surface area contributed by atoms with Crippen molar-refractivity contribution in [3.05, 3.63) is 23.8 Å². The molecule has 0 bridgehead atoms. The molecule has 1 aromatic heterocycles. The van der Waals surface area contributed by atoms with Crippen molar-refractivity contribution in [2.45, 2.75) is 51.9 Å². The molecular formula is C14H20N2O2. The lowest BCUT2D eigenvalue weighted by Gasteiger charge is -2.27. The highest BCUT2D eigenvalue weighted by Crippen LogP contribution is 2.46. The zero-order valence-electron chi connectivity index (χ0n) is 11.4. The number of hydrogen-bond acceptors (Lipinski definition) is 3. The van der Waals surface area contributed by atoms with E-state index in [1.807, 2.05) is 20.8 Å². The first kappa shape index (κ1) is 13.0. The second-order valence-electron chi connectivity index (χ2n) is 6.54. The minimum Gasteiger partial charge on any atom is -0.481 e. The van der Waals surface area contributed by atoms with Crippen molar-refractivity contribution in [2.24, 2.45) is 5.41 Å². The summed E-state index contributed by atoms with van der Waals surface area (Å²) >= 11 is 0. The first-order valence-corrected chi connectivity index (χ1v) is 6.29. The van der Waals surface area contributed by atoms with Crippen LogP contribution in [0.4, 0.5) is 0 Å². The molecule has 1 atom stereocenters. The van der Waals surface area contributed by atoms with E-state index < -0.39 is 11.9 Å². The Hall–Kier alpha value is -1.45. The molecule has 0 amide bonds. The van der Waals surface area contributed by atoms with Gasteiger partial charge in [-0.15, -0.1) is 0 Å². The van der Waals surface area contributed by atoms with E-state index in [9.17, 15) is 9.90 Å². The summed E-state index contributed by atoms with van der Waals surface area (Å²) in [6.07, 6.45) is 5.59. The molecule has 98 valence electrons. The molecule has 1 heterocycles. The van der Waals surface area contributed by atoms with E-state index in [2.05, 4.69) is 16.9 Å². The molecule has 1 N–H and O–H groups in total. The highest BCUT2D eigenvalue weighted by Gasteiger charge is 2.42. The molecule has 4 heteroatoms. The van der Waals surface area contributed by atoms with Crippen molar-refractivity contribution in [3.63, 3.8) is 0 Å². The van der Waals surface area contributed by atoms with E-state index in [0.717, 1.165) is 18.7 Å². The van der Waals surface area contributed by atoms with E-state index >= 15 is 0 Å². The van der Waals surface area contributed by atoms with Crippen molar-refractivity contribution in [1.29, 1.82) is 0 Å². The number of hydrogen-bond donors (Lipinski definition) is 1. The topological polar surface area (TPSA) is 63.1 Å². The maximum atomic E-state index is 11.4. The fourth-order valence-electron chi connectivity index (χ4n) is 2.22. The smallest absolute Gasteiger partial charge is 0.311 e. The molecule has 1 aliphatic rings. The summed E-state index contributed by atoms with van der Waals surface area (Å²) in [5, 5.41) is 9.35. The number of carboxylic acids is 1. The average molecular weight is 248 g/mol. The molecule has 0 spiro atoms. The Bertz CT molecular complexity index is 456. The Balaban J connectivity index is 2.30. The van der Waals surface area contributed by atoms with Crippen LogP contribution in [-0.4, -0.2) is 21.0 Å². The Labute approximate surface area is 107 Å². The van der Waals surface area contributed by atoms with E-state index in [1.54, 1.807) is 12.4 Å². The van der Waals surface area contributed by atoms with E-state index in [-0.39, 0.29) is 10.8 Å². The lowest BCUT2D eigenvalue weighted by Crippen LogP contribution is -2.26. The summed E-state index contributed by atoms with van der Waals surface area (Å²) in [4.78, 5) is 20.1. The number of aliphatic carboxylic acids is 1. The van der Waals surface area contributed by atoms with Crippen LogP contribution in [0.1, 0.15) is 57.8 Å². The van der Waals surface area contributed by atoms with Crippen LogP contribution in [0, 0.1) is 5.41 Å². The zero-order valence-corrected chi connectivity index (χ0v) is 11.4. The normalized spacial score (nSPS) is 19.3. The van der Waals surface area contributed by atoms with Gasteiger partial charge in [0, 0.05) is 23.4 Å². The van der Waals surface area contributed by atoms with Gasteiger partial charge in [0.2, 0.25) is 0 Å². The summed E-state index contributed by atoms with van der Waals surface area (Å²) in [5.74, 6) is -0.556. The van der Waals surface area contributed by atoms with Gasteiger partial charge in [0.05, 0.1) is 5.92 Å². The molecule has 1 fully saturated rings. The second kappa shape index (κ2) is 4.04. The summed E-state index contributed by atoms with van der Waals surface area (Å²) in [7, 11) is 0. The van der Waals surface area contributed by atoms with Crippen LogP contribution >= 0.6 is 0 Å². The van der Waals surface area contributed by atoms with Crippen molar-refractivity contribution in [3.8, 4) is 0 Å². The minimum absolute atomic E-state index is 0.124. The standard InChI is InChI=1S/C14H20N2O2/c1-13(2,3)10(11(17)18)9-7-15-12(16-8-9)14(4)5-6-14/h7-8,10H,5-6H2,1-4H3,(H,17,18). The van der Waals surface area contributed by atoms with Gasteiger partial charge >= 0.3 is 5.97 Å². The highest BCUT2D eigenvalue weighted by atomic mass is 16.4. The van der Waals surface area contributed by atoms with Gasteiger partial charge in [-0.2, -0.15) is 0 Å². The Morgan fingerprint density at radius 1 is 1.33 bits per heavy atom. The molecule has 0 saturated heterocycles. The molecule has 1 unspecified atom stereocenters. The number of aromatic nitrogens is 2. The third-order valence-electron chi connectivity index (χ3n) is 3.66. The molecule has 4 nitrogen and oxygen atoms in total. The van der Waals surface area contributed by atoms with Gasteiger partial charge in [-0.25, -0.2) is 9.97 Å². The van der Waals surface area contributed by atoms with Crippen LogP contribution in [0.3, 0.4) is 0 Å². The predicted molar refractivity (Wildman–Crippen MR) is 68.4 cm³/mol.